The van der Waals surface area contributed by atoms with Gasteiger partial charge in [0.25, 0.3) is 0 Å². The molecule has 0 fully saturated rings. The summed E-state index contributed by atoms with van der Waals surface area (Å²) in [6.45, 7) is 0.0627. The number of amides is 1. The predicted octanol–water partition coefficient (Wildman–Crippen LogP) is 0.781. The Balaban J connectivity index is 2.48. The summed E-state index contributed by atoms with van der Waals surface area (Å²) in [6.07, 6.45) is -0.880. The molecule has 0 saturated carbocycles. The molecule has 5 nitrogen and oxygen atoms in total. The summed E-state index contributed by atoms with van der Waals surface area (Å²) >= 11 is 0. The molecule has 15 heavy (non-hydrogen) atoms. The van der Waals surface area contributed by atoms with Crippen LogP contribution in [0.3, 0.4) is 0 Å². The molecule has 0 unspecified atom stereocenters. The highest BCUT2D eigenvalue weighted by Crippen LogP contribution is 2.02. The maximum Gasteiger partial charge on any atom is 0.423 e. The van der Waals surface area contributed by atoms with Gasteiger partial charge in [-0.25, -0.2) is 17.5 Å². The summed E-state index contributed by atoms with van der Waals surface area (Å²) in [5, 5.41) is 0. The van der Waals surface area contributed by atoms with Crippen LogP contribution in [0.25, 0.3) is 0 Å². The molecule has 0 saturated heterocycles. The number of hydrogen-bond acceptors (Lipinski definition) is 4. The molecule has 1 amide bonds. The molecular formula is C9H11NO4S. The van der Waals surface area contributed by atoms with Crippen LogP contribution in [0.1, 0.15) is 5.56 Å². The first-order chi connectivity index (χ1) is 7.11. The van der Waals surface area contributed by atoms with Gasteiger partial charge in [0.05, 0.1) is 0 Å². The van der Waals surface area contributed by atoms with E-state index in [-0.39, 0.29) is 6.61 Å². The molecule has 0 bridgehead atoms. The summed E-state index contributed by atoms with van der Waals surface area (Å²) in [4.78, 5) is 11.1. The van der Waals surface area contributed by atoms with Crippen molar-refractivity contribution in [3.05, 3.63) is 35.9 Å². The SMILES string of the molecule is CN(C(=O)OCc1ccccc1)[SH](=O)=O. The molecule has 0 aliphatic carbocycles. The van der Waals surface area contributed by atoms with E-state index in [0.717, 1.165) is 12.6 Å². The first-order valence-electron chi connectivity index (χ1n) is 4.20. The third-order valence-electron chi connectivity index (χ3n) is 1.71. The Morgan fingerprint density at radius 3 is 2.47 bits per heavy atom. The molecule has 0 spiro atoms. The van der Waals surface area contributed by atoms with E-state index >= 15 is 0 Å². The summed E-state index contributed by atoms with van der Waals surface area (Å²) in [7, 11) is -1.78. The van der Waals surface area contributed by atoms with Crippen molar-refractivity contribution in [2.24, 2.45) is 0 Å². The molecule has 1 rings (SSSR count). The van der Waals surface area contributed by atoms with Gasteiger partial charge in [0.15, 0.2) is 0 Å². The Morgan fingerprint density at radius 2 is 1.93 bits per heavy atom. The van der Waals surface area contributed by atoms with Crippen molar-refractivity contribution in [3.8, 4) is 0 Å². The number of carbonyl (C=O) groups is 1. The highest BCUT2D eigenvalue weighted by Gasteiger charge is 2.11. The Hall–Kier alpha value is -1.56. The fourth-order valence-electron chi connectivity index (χ4n) is 0.879. The second-order valence-electron chi connectivity index (χ2n) is 2.80. The number of thiol groups is 1. The van der Waals surface area contributed by atoms with Gasteiger partial charge in [0, 0.05) is 7.05 Å². The minimum Gasteiger partial charge on any atom is -0.444 e. The van der Waals surface area contributed by atoms with Gasteiger partial charge in [-0.1, -0.05) is 30.3 Å². The van der Waals surface area contributed by atoms with Gasteiger partial charge in [-0.05, 0) is 5.56 Å². The number of hydrogen-bond donors (Lipinski definition) is 1. The second-order valence-corrected chi connectivity index (χ2v) is 3.88. The maximum absolute atomic E-state index is 11.1. The van der Waals surface area contributed by atoms with Crippen LogP contribution < -0.4 is 0 Å². The number of ether oxygens (including phenoxy) is 1. The van der Waals surface area contributed by atoms with Crippen molar-refractivity contribution < 1.29 is 17.9 Å². The highest BCUT2D eigenvalue weighted by molar-refractivity contribution is 7.70. The van der Waals surface area contributed by atoms with E-state index in [4.69, 9.17) is 4.74 Å². The molecule has 0 radical (unpaired) electrons. The van der Waals surface area contributed by atoms with Crippen LogP contribution in [0.15, 0.2) is 30.3 Å². The summed E-state index contributed by atoms with van der Waals surface area (Å²) in [5.41, 5.74) is 0.806. The summed E-state index contributed by atoms with van der Waals surface area (Å²) in [6, 6.07) is 9.02. The van der Waals surface area contributed by atoms with E-state index in [2.05, 4.69) is 0 Å². The first kappa shape index (κ1) is 11.5. The van der Waals surface area contributed by atoms with Crippen molar-refractivity contribution in [2.45, 2.75) is 6.61 Å². The highest BCUT2D eigenvalue weighted by atomic mass is 32.2. The lowest BCUT2D eigenvalue weighted by atomic mass is 10.2. The molecule has 0 aliphatic rings. The molecule has 0 aromatic heterocycles. The van der Waals surface area contributed by atoms with E-state index in [1.54, 1.807) is 24.3 Å². The number of nitrogens with zero attached hydrogens (tertiary/aromatic N) is 1. The van der Waals surface area contributed by atoms with Crippen molar-refractivity contribution in [2.75, 3.05) is 7.05 Å². The zero-order valence-corrected chi connectivity index (χ0v) is 9.02. The summed E-state index contributed by atoms with van der Waals surface area (Å²) in [5.74, 6) is 0. The Kier molecular flexibility index (Phi) is 4.11. The molecule has 0 aliphatic heterocycles. The van der Waals surface area contributed by atoms with Gasteiger partial charge in [-0.15, -0.1) is 0 Å². The van der Waals surface area contributed by atoms with E-state index in [1.807, 2.05) is 6.07 Å². The van der Waals surface area contributed by atoms with Crippen LogP contribution in [0.5, 0.6) is 0 Å². The fraction of sp³-hybridized carbons (Fsp3) is 0.222. The van der Waals surface area contributed by atoms with Gasteiger partial charge in [0.1, 0.15) is 6.61 Å². The van der Waals surface area contributed by atoms with Crippen LogP contribution in [-0.4, -0.2) is 25.9 Å². The van der Waals surface area contributed by atoms with Gasteiger partial charge in [0.2, 0.25) is 10.9 Å². The molecule has 0 N–H and O–H groups in total. The molecule has 1 aromatic carbocycles. The van der Waals surface area contributed by atoms with E-state index in [0.29, 0.717) is 4.31 Å². The van der Waals surface area contributed by atoms with Gasteiger partial charge in [-0.3, -0.25) is 0 Å². The average Bonchev–Trinajstić information content (AvgIpc) is 2.26. The minimum absolute atomic E-state index is 0.0627. The maximum atomic E-state index is 11.1. The number of benzene rings is 1. The lowest BCUT2D eigenvalue weighted by Crippen LogP contribution is -2.25. The van der Waals surface area contributed by atoms with Crippen molar-refractivity contribution >= 4 is 17.0 Å². The van der Waals surface area contributed by atoms with Crippen LogP contribution in [0, 0.1) is 0 Å². The molecule has 6 heteroatoms. The fourth-order valence-corrected chi connectivity index (χ4v) is 1.07. The van der Waals surface area contributed by atoms with Crippen molar-refractivity contribution in [1.29, 1.82) is 0 Å². The number of rotatable bonds is 3. The summed E-state index contributed by atoms with van der Waals surface area (Å²) < 4.78 is 26.1. The van der Waals surface area contributed by atoms with Crippen LogP contribution in [-0.2, 0) is 22.2 Å². The van der Waals surface area contributed by atoms with Gasteiger partial charge in [-0.2, -0.15) is 0 Å². The van der Waals surface area contributed by atoms with E-state index in [9.17, 15) is 13.2 Å². The zero-order chi connectivity index (χ0) is 11.3. The molecule has 82 valence electrons. The standard InChI is InChI=1S/C9H11NO4S/c1-10(15(12)13)9(11)14-7-8-5-3-2-4-6-8/h2-6,15H,7H2,1H3. The van der Waals surface area contributed by atoms with E-state index < -0.39 is 17.0 Å². The molecule has 0 heterocycles. The third kappa shape index (κ3) is 3.59. The first-order valence-corrected chi connectivity index (χ1v) is 5.33. The molecular weight excluding hydrogens is 218 g/mol. The minimum atomic E-state index is -2.92. The van der Waals surface area contributed by atoms with Crippen LogP contribution in [0.4, 0.5) is 4.79 Å². The smallest absolute Gasteiger partial charge is 0.423 e. The van der Waals surface area contributed by atoms with Crippen molar-refractivity contribution in [1.82, 2.24) is 4.31 Å². The monoisotopic (exact) mass is 229 g/mol. The zero-order valence-electron chi connectivity index (χ0n) is 8.12. The quantitative estimate of drug-likeness (QED) is 0.778. The third-order valence-corrected chi connectivity index (χ3v) is 2.37. The second kappa shape index (κ2) is 5.35. The van der Waals surface area contributed by atoms with Gasteiger partial charge >= 0.3 is 6.09 Å². The Labute approximate surface area is 89.4 Å². The van der Waals surface area contributed by atoms with Crippen molar-refractivity contribution in [3.63, 3.8) is 0 Å². The lowest BCUT2D eigenvalue weighted by molar-refractivity contribution is 0.125. The predicted molar refractivity (Wildman–Crippen MR) is 54.7 cm³/mol. The van der Waals surface area contributed by atoms with E-state index in [1.165, 1.54) is 0 Å². The largest absolute Gasteiger partial charge is 0.444 e. The van der Waals surface area contributed by atoms with Crippen LogP contribution in [0.2, 0.25) is 0 Å². The normalized spacial score (nSPS) is 10.0. The average molecular weight is 229 g/mol. The van der Waals surface area contributed by atoms with Crippen LogP contribution >= 0.6 is 0 Å². The lowest BCUT2D eigenvalue weighted by Gasteiger charge is -2.09. The Bertz CT molecular complexity index is 394. The molecule has 0 atom stereocenters. The number of carbonyl (C=O) groups excluding carboxylic acids is 1. The molecule has 1 aromatic rings. The van der Waals surface area contributed by atoms with Gasteiger partial charge < -0.3 is 4.74 Å². The Morgan fingerprint density at radius 1 is 1.33 bits per heavy atom. The topological polar surface area (TPSA) is 63.7 Å².